The number of aryl methyl sites for hydroxylation is 2. The number of aliphatic hydroxyl groups excluding tert-OH is 1. The summed E-state index contributed by atoms with van der Waals surface area (Å²) >= 11 is 1.53. The Balaban J connectivity index is 1.80. The van der Waals surface area contributed by atoms with Crippen molar-refractivity contribution < 1.29 is 14.6 Å². The highest BCUT2D eigenvalue weighted by Crippen LogP contribution is 2.38. The molecule has 0 bridgehead atoms. The second-order valence-electron chi connectivity index (χ2n) is 7.53. The van der Waals surface area contributed by atoms with Crippen molar-refractivity contribution in [2.45, 2.75) is 46.1 Å². The van der Waals surface area contributed by atoms with Crippen LogP contribution in [-0.4, -0.2) is 30.4 Å². The highest BCUT2D eigenvalue weighted by Gasteiger charge is 2.24. The minimum Gasteiger partial charge on any atom is -0.506 e. The van der Waals surface area contributed by atoms with Crippen LogP contribution in [0.4, 0.5) is 0 Å². The van der Waals surface area contributed by atoms with Crippen molar-refractivity contribution >= 4 is 11.3 Å². The number of hydrogen-bond donors (Lipinski definition) is 3. The number of rotatable bonds is 8. The van der Waals surface area contributed by atoms with E-state index >= 15 is 0 Å². The molecule has 0 amide bonds. The standard InChI is InChI=1S/C23H24N4O4S/c1-3-4-8-17-19(15-7-5-6-14(9-15)11-28)21(29)20(22(30)25-17)23-27-26-18(31-23)10-16-12-32-13(2)24-16/h5-7,9,12,28H,3-4,8,10-11H2,1-2H3,(H2,25,29,30). The molecule has 0 saturated heterocycles. The molecule has 8 nitrogen and oxygen atoms in total. The Morgan fingerprint density at radius 2 is 2.06 bits per heavy atom. The average Bonchev–Trinajstić information content (AvgIpc) is 3.41. The zero-order chi connectivity index (χ0) is 22.7. The predicted molar refractivity (Wildman–Crippen MR) is 122 cm³/mol. The summed E-state index contributed by atoms with van der Waals surface area (Å²) in [6.07, 6.45) is 2.72. The lowest BCUT2D eigenvalue weighted by molar-refractivity contribution is 0.282. The number of hydrogen-bond acceptors (Lipinski definition) is 8. The van der Waals surface area contributed by atoms with Gasteiger partial charge in [-0.3, -0.25) is 4.79 Å². The summed E-state index contributed by atoms with van der Waals surface area (Å²) in [5.74, 6) is 0.0462. The topological polar surface area (TPSA) is 125 Å². The van der Waals surface area contributed by atoms with Crippen LogP contribution < -0.4 is 5.56 Å². The summed E-state index contributed by atoms with van der Waals surface area (Å²) < 4.78 is 5.72. The molecular formula is C23H24N4O4S. The Morgan fingerprint density at radius 1 is 1.22 bits per heavy atom. The summed E-state index contributed by atoms with van der Waals surface area (Å²) in [5.41, 5.74) is 2.77. The maximum Gasteiger partial charge on any atom is 0.264 e. The van der Waals surface area contributed by atoms with Crippen LogP contribution in [0.5, 0.6) is 5.75 Å². The van der Waals surface area contributed by atoms with Gasteiger partial charge in [-0.05, 0) is 37.0 Å². The molecule has 0 fully saturated rings. The van der Waals surface area contributed by atoms with E-state index in [-0.39, 0.29) is 23.8 Å². The van der Waals surface area contributed by atoms with Gasteiger partial charge < -0.3 is 19.6 Å². The molecule has 3 aromatic heterocycles. The maximum atomic E-state index is 12.9. The van der Waals surface area contributed by atoms with Crippen molar-refractivity contribution in [1.82, 2.24) is 20.2 Å². The first-order valence-corrected chi connectivity index (χ1v) is 11.3. The molecule has 0 aliphatic carbocycles. The van der Waals surface area contributed by atoms with E-state index in [9.17, 15) is 15.0 Å². The SMILES string of the molecule is CCCCc1[nH]c(=O)c(-c2nnc(Cc3csc(C)n3)o2)c(O)c1-c1cccc(CO)c1. The number of nitrogens with one attached hydrogen (secondary N) is 1. The minimum atomic E-state index is -0.490. The third-order valence-corrected chi connectivity index (χ3v) is 5.95. The summed E-state index contributed by atoms with van der Waals surface area (Å²) in [7, 11) is 0. The number of thiazole rings is 1. The Morgan fingerprint density at radius 3 is 2.78 bits per heavy atom. The largest absolute Gasteiger partial charge is 0.506 e. The zero-order valence-corrected chi connectivity index (χ0v) is 18.7. The smallest absolute Gasteiger partial charge is 0.264 e. The van der Waals surface area contributed by atoms with Crippen LogP contribution in [0, 0.1) is 6.92 Å². The molecule has 4 rings (SSSR count). The van der Waals surface area contributed by atoms with E-state index in [0.717, 1.165) is 23.5 Å². The van der Waals surface area contributed by atoms with Crippen molar-refractivity contribution in [3.05, 3.63) is 67.8 Å². The summed E-state index contributed by atoms with van der Waals surface area (Å²) in [6.45, 7) is 3.85. The molecule has 3 N–H and O–H groups in total. The first kappa shape index (κ1) is 21.9. The Hall–Kier alpha value is -3.30. The summed E-state index contributed by atoms with van der Waals surface area (Å²) in [5, 5.41) is 31.6. The van der Waals surface area contributed by atoms with Crippen LogP contribution in [0.1, 0.15) is 47.6 Å². The van der Waals surface area contributed by atoms with Crippen molar-refractivity contribution in [3.63, 3.8) is 0 Å². The maximum absolute atomic E-state index is 12.9. The number of aromatic amines is 1. The predicted octanol–water partition coefficient (Wildman–Crippen LogP) is 3.99. The molecular weight excluding hydrogens is 428 g/mol. The first-order valence-electron chi connectivity index (χ1n) is 10.4. The van der Waals surface area contributed by atoms with Crippen molar-refractivity contribution in [3.8, 4) is 28.3 Å². The summed E-state index contributed by atoms with van der Waals surface area (Å²) in [6, 6.07) is 7.21. The van der Waals surface area contributed by atoms with Gasteiger partial charge in [-0.2, -0.15) is 0 Å². The minimum absolute atomic E-state index is 0.0488. The van der Waals surface area contributed by atoms with Gasteiger partial charge in [0, 0.05) is 16.6 Å². The van der Waals surface area contributed by atoms with Gasteiger partial charge in [-0.1, -0.05) is 31.5 Å². The highest BCUT2D eigenvalue weighted by molar-refractivity contribution is 7.09. The van der Waals surface area contributed by atoms with Gasteiger partial charge in [0.2, 0.25) is 5.89 Å². The molecule has 4 aromatic rings. The molecule has 9 heteroatoms. The van der Waals surface area contributed by atoms with E-state index in [0.29, 0.717) is 41.1 Å². The number of aliphatic hydroxyl groups is 1. The second-order valence-corrected chi connectivity index (χ2v) is 8.59. The lowest BCUT2D eigenvalue weighted by Crippen LogP contribution is -2.14. The normalized spacial score (nSPS) is 11.2. The van der Waals surface area contributed by atoms with E-state index in [1.165, 1.54) is 11.3 Å². The first-order chi connectivity index (χ1) is 15.5. The van der Waals surface area contributed by atoms with Gasteiger partial charge in [0.05, 0.1) is 23.7 Å². The molecule has 3 heterocycles. The number of H-pyrrole nitrogens is 1. The monoisotopic (exact) mass is 452 g/mol. The molecule has 0 radical (unpaired) electrons. The van der Waals surface area contributed by atoms with Gasteiger partial charge in [0.15, 0.2) is 0 Å². The van der Waals surface area contributed by atoms with Gasteiger partial charge in [0.25, 0.3) is 11.4 Å². The second kappa shape index (κ2) is 9.46. The van der Waals surface area contributed by atoms with Gasteiger partial charge in [-0.15, -0.1) is 21.5 Å². The number of aromatic hydroxyl groups is 1. The number of benzene rings is 1. The molecule has 0 atom stereocenters. The van der Waals surface area contributed by atoms with Crippen molar-refractivity contribution in [2.24, 2.45) is 0 Å². The van der Waals surface area contributed by atoms with E-state index in [2.05, 4.69) is 27.1 Å². The van der Waals surface area contributed by atoms with Crippen molar-refractivity contribution in [2.75, 3.05) is 0 Å². The molecule has 166 valence electrons. The number of aromatic nitrogens is 4. The van der Waals surface area contributed by atoms with Crippen LogP contribution in [0.15, 0.2) is 38.9 Å². The number of unbranched alkanes of at least 4 members (excludes halogenated alkanes) is 1. The molecule has 0 unspecified atom stereocenters. The fraction of sp³-hybridized carbons (Fsp3) is 0.304. The van der Waals surface area contributed by atoms with Crippen molar-refractivity contribution in [1.29, 1.82) is 0 Å². The van der Waals surface area contributed by atoms with Gasteiger partial charge >= 0.3 is 0 Å². The molecule has 1 aromatic carbocycles. The number of nitrogens with zero attached hydrogens (tertiary/aromatic N) is 3. The Kier molecular flexibility index (Phi) is 6.48. The Labute approximate surface area is 188 Å². The molecule has 0 spiro atoms. The fourth-order valence-electron chi connectivity index (χ4n) is 3.58. The molecule has 0 aliphatic heterocycles. The highest BCUT2D eigenvalue weighted by atomic mass is 32.1. The lowest BCUT2D eigenvalue weighted by atomic mass is 9.96. The van der Waals surface area contributed by atoms with Crippen LogP contribution in [-0.2, 0) is 19.4 Å². The third kappa shape index (κ3) is 4.49. The average molecular weight is 453 g/mol. The lowest BCUT2D eigenvalue weighted by Gasteiger charge is -2.14. The van der Waals surface area contributed by atoms with Crippen LogP contribution in [0.25, 0.3) is 22.6 Å². The zero-order valence-electron chi connectivity index (χ0n) is 17.9. The van der Waals surface area contributed by atoms with Crippen LogP contribution in [0.2, 0.25) is 0 Å². The molecule has 0 saturated carbocycles. The Bertz CT molecular complexity index is 1290. The molecule has 32 heavy (non-hydrogen) atoms. The third-order valence-electron chi connectivity index (χ3n) is 5.13. The van der Waals surface area contributed by atoms with Gasteiger partial charge in [-0.25, -0.2) is 4.98 Å². The number of pyridine rings is 1. The van der Waals surface area contributed by atoms with Gasteiger partial charge in [0.1, 0.15) is 11.3 Å². The van der Waals surface area contributed by atoms with Crippen LogP contribution in [0.3, 0.4) is 0 Å². The van der Waals surface area contributed by atoms with E-state index < -0.39 is 5.56 Å². The van der Waals surface area contributed by atoms with E-state index in [1.807, 2.05) is 18.4 Å². The van der Waals surface area contributed by atoms with Crippen LogP contribution >= 0.6 is 11.3 Å². The van der Waals surface area contributed by atoms with E-state index in [1.54, 1.807) is 18.2 Å². The quantitative estimate of drug-likeness (QED) is 0.369. The fourth-order valence-corrected chi connectivity index (χ4v) is 4.20. The summed E-state index contributed by atoms with van der Waals surface area (Å²) in [4.78, 5) is 20.2. The molecule has 0 aliphatic rings. The van der Waals surface area contributed by atoms with E-state index in [4.69, 9.17) is 4.42 Å².